The third kappa shape index (κ3) is 5.31. The molecule has 0 radical (unpaired) electrons. The number of halogens is 1. The molecule has 0 aliphatic heterocycles. The first kappa shape index (κ1) is 21.2. The molecular formula is C21H23ClN2O4S. The number of aryl methyl sites for hydroxylation is 2. The van der Waals surface area contributed by atoms with Gasteiger partial charge in [-0.1, -0.05) is 36.7 Å². The second-order valence-corrected chi connectivity index (χ2v) is 8.94. The van der Waals surface area contributed by atoms with Crippen molar-refractivity contribution < 1.29 is 17.9 Å². The van der Waals surface area contributed by atoms with Gasteiger partial charge in [0.2, 0.25) is 10.0 Å². The molecule has 3 aromatic rings. The summed E-state index contributed by atoms with van der Waals surface area (Å²) in [6.45, 7) is 2.49. The lowest BCUT2D eigenvalue weighted by atomic mass is 10.1. The average molecular weight is 435 g/mol. The maximum atomic E-state index is 12.4. The maximum absolute atomic E-state index is 12.4. The Labute approximate surface area is 175 Å². The zero-order valence-corrected chi connectivity index (χ0v) is 17.9. The van der Waals surface area contributed by atoms with Crippen molar-refractivity contribution in [3.05, 3.63) is 64.3 Å². The zero-order valence-electron chi connectivity index (χ0n) is 16.3. The van der Waals surface area contributed by atoms with E-state index in [-0.39, 0.29) is 5.69 Å². The van der Waals surface area contributed by atoms with Crippen molar-refractivity contribution in [1.82, 2.24) is 9.71 Å². The minimum atomic E-state index is -3.65. The number of nitrogens with one attached hydrogen (secondary N) is 2. The van der Waals surface area contributed by atoms with E-state index >= 15 is 0 Å². The van der Waals surface area contributed by atoms with Crippen LogP contribution in [0.1, 0.15) is 35.0 Å². The molecule has 0 spiro atoms. The third-order valence-corrected chi connectivity index (χ3v) is 5.48. The number of hydrogen-bond acceptors (Lipinski definition) is 4. The van der Waals surface area contributed by atoms with Crippen molar-refractivity contribution in [2.24, 2.45) is 0 Å². The molecule has 0 saturated carbocycles. The highest BCUT2D eigenvalue weighted by Gasteiger charge is 2.19. The summed E-state index contributed by atoms with van der Waals surface area (Å²) in [7, 11) is -3.65. The lowest BCUT2D eigenvalue weighted by Gasteiger charge is -2.09. The van der Waals surface area contributed by atoms with Crippen LogP contribution in [0.5, 0.6) is 5.75 Å². The molecule has 1 heterocycles. The topological polar surface area (TPSA) is 88.3 Å². The highest BCUT2D eigenvalue weighted by Crippen LogP contribution is 2.25. The number of para-hydroxylation sites is 1. The van der Waals surface area contributed by atoms with Crippen molar-refractivity contribution in [1.29, 1.82) is 0 Å². The molecule has 0 bridgehead atoms. The predicted molar refractivity (Wildman–Crippen MR) is 115 cm³/mol. The number of ether oxygens (including phenoxy) is 1. The van der Waals surface area contributed by atoms with Gasteiger partial charge in [0.1, 0.15) is 11.4 Å². The normalized spacial score (nSPS) is 11.6. The lowest BCUT2D eigenvalue weighted by Crippen LogP contribution is -2.30. The highest BCUT2D eigenvalue weighted by atomic mass is 35.5. The van der Waals surface area contributed by atoms with Gasteiger partial charge in [0.15, 0.2) is 0 Å². The van der Waals surface area contributed by atoms with E-state index in [2.05, 4.69) is 4.98 Å². The van der Waals surface area contributed by atoms with Gasteiger partial charge in [-0.15, -0.1) is 0 Å². The van der Waals surface area contributed by atoms with Gasteiger partial charge in [-0.25, -0.2) is 13.1 Å². The molecule has 0 atom stereocenters. The number of sulfonamides is 1. The van der Waals surface area contributed by atoms with Crippen LogP contribution in [0, 0.1) is 0 Å². The zero-order chi connectivity index (χ0) is 21.0. The SMILES string of the molecule is CCc1cc(OCCCc2c(C(=O)NS(C)(=O)=O)[nH]c3ccccc23)ccc1Cl. The number of aromatic nitrogens is 1. The lowest BCUT2D eigenvalue weighted by molar-refractivity contribution is 0.0976. The number of benzene rings is 2. The first-order valence-electron chi connectivity index (χ1n) is 9.31. The van der Waals surface area contributed by atoms with Gasteiger partial charge in [0.05, 0.1) is 12.9 Å². The summed E-state index contributed by atoms with van der Waals surface area (Å²) in [6, 6.07) is 13.1. The molecule has 1 aromatic heterocycles. The first-order valence-corrected chi connectivity index (χ1v) is 11.6. The van der Waals surface area contributed by atoms with Crippen molar-refractivity contribution in [2.75, 3.05) is 12.9 Å². The Balaban J connectivity index is 1.73. The van der Waals surface area contributed by atoms with Crippen LogP contribution < -0.4 is 9.46 Å². The number of amides is 1. The molecule has 29 heavy (non-hydrogen) atoms. The number of carbonyl (C=O) groups is 1. The van der Waals surface area contributed by atoms with E-state index < -0.39 is 15.9 Å². The molecular weight excluding hydrogens is 412 g/mol. The quantitative estimate of drug-likeness (QED) is 0.523. The predicted octanol–water partition coefficient (Wildman–Crippen LogP) is 4.08. The van der Waals surface area contributed by atoms with Gasteiger partial charge < -0.3 is 9.72 Å². The summed E-state index contributed by atoms with van der Waals surface area (Å²) in [5, 5.41) is 1.62. The second kappa shape index (κ2) is 8.88. The van der Waals surface area contributed by atoms with Crippen LogP contribution in [0.4, 0.5) is 0 Å². The first-order chi connectivity index (χ1) is 13.8. The Kier molecular flexibility index (Phi) is 6.49. The standard InChI is InChI=1S/C21H23ClN2O4S/c1-3-14-13-15(10-11-18(14)22)28-12-6-8-17-16-7-4-5-9-19(16)23-20(17)21(25)24-29(2,26)27/h4-5,7,9-11,13,23H,3,6,8,12H2,1-2H3,(H,24,25). The summed E-state index contributed by atoms with van der Waals surface area (Å²) >= 11 is 6.13. The van der Waals surface area contributed by atoms with Crippen molar-refractivity contribution in [2.45, 2.75) is 26.2 Å². The van der Waals surface area contributed by atoms with E-state index in [9.17, 15) is 13.2 Å². The Morgan fingerprint density at radius 3 is 2.69 bits per heavy atom. The number of carbonyl (C=O) groups excluding carboxylic acids is 1. The minimum Gasteiger partial charge on any atom is -0.494 e. The number of hydrogen-bond donors (Lipinski definition) is 2. The average Bonchev–Trinajstić information content (AvgIpc) is 3.04. The number of fused-ring (bicyclic) bond motifs is 1. The van der Waals surface area contributed by atoms with Crippen LogP contribution in [-0.4, -0.2) is 32.2 Å². The van der Waals surface area contributed by atoms with Gasteiger partial charge in [-0.05, 0) is 54.7 Å². The maximum Gasteiger partial charge on any atom is 0.281 e. The van der Waals surface area contributed by atoms with E-state index in [1.807, 2.05) is 54.1 Å². The smallest absolute Gasteiger partial charge is 0.281 e. The Morgan fingerprint density at radius 1 is 1.21 bits per heavy atom. The summed E-state index contributed by atoms with van der Waals surface area (Å²) < 4.78 is 30.8. The molecule has 2 N–H and O–H groups in total. The van der Waals surface area contributed by atoms with E-state index in [0.717, 1.165) is 45.5 Å². The van der Waals surface area contributed by atoms with Gasteiger partial charge in [0.25, 0.3) is 5.91 Å². The van der Waals surface area contributed by atoms with Crippen molar-refractivity contribution in [3.8, 4) is 5.75 Å². The monoisotopic (exact) mass is 434 g/mol. The Bertz CT molecular complexity index is 1140. The summed E-state index contributed by atoms with van der Waals surface area (Å²) in [6.07, 6.45) is 3.00. The van der Waals surface area contributed by atoms with E-state index in [1.54, 1.807) is 0 Å². The fourth-order valence-corrected chi connectivity index (χ4v) is 3.91. The van der Waals surface area contributed by atoms with Gasteiger partial charge in [-0.3, -0.25) is 4.79 Å². The molecule has 154 valence electrons. The van der Waals surface area contributed by atoms with E-state index in [4.69, 9.17) is 16.3 Å². The molecule has 0 saturated heterocycles. The molecule has 3 rings (SSSR count). The molecule has 0 unspecified atom stereocenters. The number of H-pyrrole nitrogens is 1. The Hall–Kier alpha value is -2.51. The molecule has 1 amide bonds. The molecule has 0 fully saturated rings. The molecule has 0 aliphatic carbocycles. The van der Waals surface area contributed by atoms with E-state index in [0.29, 0.717) is 19.4 Å². The highest BCUT2D eigenvalue weighted by molar-refractivity contribution is 7.89. The van der Waals surface area contributed by atoms with Gasteiger partial charge >= 0.3 is 0 Å². The molecule has 0 aliphatic rings. The van der Waals surface area contributed by atoms with E-state index in [1.165, 1.54) is 0 Å². The largest absolute Gasteiger partial charge is 0.494 e. The fourth-order valence-electron chi connectivity index (χ4n) is 3.22. The van der Waals surface area contributed by atoms with Gasteiger partial charge in [0, 0.05) is 15.9 Å². The Morgan fingerprint density at radius 2 is 1.97 bits per heavy atom. The molecule has 2 aromatic carbocycles. The fraction of sp³-hybridized carbons (Fsp3) is 0.286. The van der Waals surface area contributed by atoms with Crippen LogP contribution in [-0.2, 0) is 22.9 Å². The second-order valence-electron chi connectivity index (χ2n) is 6.79. The molecule has 8 heteroatoms. The van der Waals surface area contributed by atoms with Crippen LogP contribution in [0.3, 0.4) is 0 Å². The summed E-state index contributed by atoms with van der Waals surface area (Å²) in [5.74, 6) is 0.0881. The summed E-state index contributed by atoms with van der Waals surface area (Å²) in [5.41, 5.74) is 2.85. The third-order valence-electron chi connectivity index (χ3n) is 4.56. The molecule has 6 nitrogen and oxygen atoms in total. The minimum absolute atomic E-state index is 0.261. The van der Waals surface area contributed by atoms with Crippen LogP contribution in [0.15, 0.2) is 42.5 Å². The van der Waals surface area contributed by atoms with Gasteiger partial charge in [-0.2, -0.15) is 0 Å². The van der Waals surface area contributed by atoms with Crippen LogP contribution in [0.25, 0.3) is 10.9 Å². The van der Waals surface area contributed by atoms with Crippen LogP contribution >= 0.6 is 11.6 Å². The van der Waals surface area contributed by atoms with Crippen molar-refractivity contribution >= 4 is 38.4 Å². The van der Waals surface area contributed by atoms with Crippen LogP contribution in [0.2, 0.25) is 5.02 Å². The number of rotatable bonds is 8. The van der Waals surface area contributed by atoms with Crippen molar-refractivity contribution in [3.63, 3.8) is 0 Å². The number of aromatic amines is 1. The summed E-state index contributed by atoms with van der Waals surface area (Å²) in [4.78, 5) is 15.5.